The Bertz CT molecular complexity index is 151. The van der Waals surface area contributed by atoms with Crippen LogP contribution in [-0.2, 0) is 0 Å². The van der Waals surface area contributed by atoms with Gasteiger partial charge in [0.1, 0.15) is 0 Å². The van der Waals surface area contributed by atoms with E-state index < -0.39 is 0 Å². The molecule has 0 aromatic heterocycles. The van der Waals surface area contributed by atoms with Crippen molar-refractivity contribution in [1.82, 2.24) is 4.90 Å². The molecule has 0 saturated carbocycles. The summed E-state index contributed by atoms with van der Waals surface area (Å²) >= 11 is 0. The highest BCUT2D eigenvalue weighted by Gasteiger charge is 2.38. The van der Waals surface area contributed by atoms with Crippen molar-refractivity contribution in [2.75, 3.05) is 20.2 Å². The Morgan fingerprint density at radius 3 is 2.75 bits per heavy atom. The highest BCUT2D eigenvalue weighted by Crippen LogP contribution is 2.26. The zero-order valence-electron chi connectivity index (χ0n) is 8.08. The molecule has 0 aromatic rings. The van der Waals surface area contributed by atoms with Crippen molar-refractivity contribution in [3.63, 3.8) is 0 Å². The van der Waals surface area contributed by atoms with E-state index in [4.69, 9.17) is 5.73 Å². The third-order valence-corrected chi connectivity index (χ3v) is 3.03. The Morgan fingerprint density at radius 2 is 2.33 bits per heavy atom. The fourth-order valence-corrected chi connectivity index (χ4v) is 2.32. The van der Waals surface area contributed by atoms with Crippen molar-refractivity contribution >= 4 is 0 Å². The first-order chi connectivity index (χ1) is 5.64. The zero-order chi connectivity index (χ0) is 9.19. The van der Waals surface area contributed by atoms with Crippen LogP contribution in [0.2, 0.25) is 0 Å². The molecular weight excluding hydrogens is 152 g/mol. The number of hydrogen-bond acceptors (Lipinski definition) is 3. The van der Waals surface area contributed by atoms with Crippen molar-refractivity contribution in [3.05, 3.63) is 0 Å². The van der Waals surface area contributed by atoms with Crippen LogP contribution in [0.5, 0.6) is 0 Å². The number of nitrogens with two attached hydrogens (primary N) is 1. The monoisotopic (exact) mass is 172 g/mol. The average molecular weight is 172 g/mol. The third kappa shape index (κ3) is 1.63. The largest absolute Gasteiger partial charge is 0.394 e. The van der Waals surface area contributed by atoms with Gasteiger partial charge in [0, 0.05) is 6.04 Å². The van der Waals surface area contributed by atoms with E-state index in [0.717, 1.165) is 25.8 Å². The number of aliphatic hydroxyl groups excluding tert-OH is 1. The predicted molar refractivity (Wildman–Crippen MR) is 49.9 cm³/mol. The molecule has 0 spiro atoms. The molecule has 0 bridgehead atoms. The maximum Gasteiger partial charge on any atom is 0.0626 e. The number of nitrogens with zero attached hydrogens (tertiary/aromatic N) is 1. The molecule has 1 saturated heterocycles. The van der Waals surface area contributed by atoms with Gasteiger partial charge in [-0.1, -0.05) is 6.92 Å². The first kappa shape index (κ1) is 9.96. The summed E-state index contributed by atoms with van der Waals surface area (Å²) in [5.41, 5.74) is 5.75. The molecule has 3 nitrogen and oxygen atoms in total. The first-order valence-corrected chi connectivity index (χ1v) is 4.74. The lowest BCUT2D eigenvalue weighted by Crippen LogP contribution is -2.62. The molecule has 0 radical (unpaired) electrons. The molecule has 1 rings (SSSR count). The quantitative estimate of drug-likeness (QED) is 0.625. The van der Waals surface area contributed by atoms with Crippen LogP contribution in [0.15, 0.2) is 0 Å². The third-order valence-electron chi connectivity index (χ3n) is 3.03. The number of likely N-dealkylation sites (N-methyl/N-ethyl adjacent to an activating group) is 1. The van der Waals surface area contributed by atoms with E-state index in [0.29, 0.717) is 6.04 Å². The second-order valence-corrected chi connectivity index (χ2v) is 3.90. The SMILES string of the molecule is CCC1N(C)CCCC1(N)CO. The summed E-state index contributed by atoms with van der Waals surface area (Å²) < 4.78 is 0. The summed E-state index contributed by atoms with van der Waals surface area (Å²) in [7, 11) is 2.09. The van der Waals surface area contributed by atoms with Crippen LogP contribution in [0.1, 0.15) is 26.2 Å². The summed E-state index contributed by atoms with van der Waals surface area (Å²) in [6.07, 6.45) is 3.07. The summed E-state index contributed by atoms with van der Waals surface area (Å²) in [6.45, 7) is 3.34. The molecule has 1 heterocycles. The van der Waals surface area contributed by atoms with E-state index >= 15 is 0 Å². The van der Waals surface area contributed by atoms with Crippen molar-refractivity contribution in [2.24, 2.45) is 5.73 Å². The van der Waals surface area contributed by atoms with E-state index in [1.807, 2.05) is 0 Å². The van der Waals surface area contributed by atoms with Crippen molar-refractivity contribution in [2.45, 2.75) is 37.8 Å². The van der Waals surface area contributed by atoms with Crippen LogP contribution in [0, 0.1) is 0 Å². The highest BCUT2D eigenvalue weighted by molar-refractivity contribution is 4.98. The van der Waals surface area contributed by atoms with Crippen molar-refractivity contribution in [1.29, 1.82) is 0 Å². The normalized spacial score (nSPS) is 38.5. The highest BCUT2D eigenvalue weighted by atomic mass is 16.3. The minimum atomic E-state index is -0.359. The molecule has 0 amide bonds. The molecule has 3 heteroatoms. The number of piperidine rings is 1. The molecular formula is C9H20N2O. The Kier molecular flexibility index (Phi) is 3.09. The number of likely N-dealkylation sites (tertiary alicyclic amines) is 1. The topological polar surface area (TPSA) is 49.5 Å². The fourth-order valence-electron chi connectivity index (χ4n) is 2.32. The number of aliphatic hydroxyl groups is 1. The van der Waals surface area contributed by atoms with E-state index in [1.54, 1.807) is 0 Å². The van der Waals surface area contributed by atoms with E-state index in [1.165, 1.54) is 0 Å². The van der Waals surface area contributed by atoms with Crippen LogP contribution in [0.4, 0.5) is 0 Å². The molecule has 72 valence electrons. The van der Waals surface area contributed by atoms with Crippen LogP contribution >= 0.6 is 0 Å². The van der Waals surface area contributed by atoms with Gasteiger partial charge in [0.2, 0.25) is 0 Å². The minimum Gasteiger partial charge on any atom is -0.394 e. The smallest absolute Gasteiger partial charge is 0.0626 e. The summed E-state index contributed by atoms with van der Waals surface area (Å²) in [6, 6.07) is 0.344. The second kappa shape index (κ2) is 3.73. The molecule has 1 fully saturated rings. The van der Waals surface area contributed by atoms with Gasteiger partial charge in [-0.05, 0) is 32.9 Å². The van der Waals surface area contributed by atoms with E-state index in [9.17, 15) is 5.11 Å². The number of hydrogen-bond donors (Lipinski definition) is 2. The Hall–Kier alpha value is -0.120. The molecule has 2 atom stereocenters. The Labute approximate surface area is 74.5 Å². The van der Waals surface area contributed by atoms with E-state index in [2.05, 4.69) is 18.9 Å². The van der Waals surface area contributed by atoms with Gasteiger partial charge in [0.05, 0.1) is 12.1 Å². The Morgan fingerprint density at radius 1 is 1.67 bits per heavy atom. The molecule has 12 heavy (non-hydrogen) atoms. The van der Waals surface area contributed by atoms with Crippen molar-refractivity contribution in [3.8, 4) is 0 Å². The minimum absolute atomic E-state index is 0.107. The lowest BCUT2D eigenvalue weighted by Gasteiger charge is -2.45. The van der Waals surface area contributed by atoms with Gasteiger partial charge < -0.3 is 15.7 Å². The predicted octanol–water partition coefficient (Wildman–Crippen LogP) is 0.180. The van der Waals surface area contributed by atoms with Crippen LogP contribution in [0.3, 0.4) is 0 Å². The molecule has 2 unspecified atom stereocenters. The average Bonchev–Trinajstić information content (AvgIpc) is 2.05. The van der Waals surface area contributed by atoms with Gasteiger partial charge in [-0.15, -0.1) is 0 Å². The van der Waals surface area contributed by atoms with Gasteiger partial charge in [-0.25, -0.2) is 0 Å². The van der Waals surface area contributed by atoms with Gasteiger partial charge >= 0.3 is 0 Å². The first-order valence-electron chi connectivity index (χ1n) is 4.74. The molecule has 1 aliphatic rings. The zero-order valence-corrected chi connectivity index (χ0v) is 8.08. The van der Waals surface area contributed by atoms with Gasteiger partial charge in [-0.3, -0.25) is 0 Å². The van der Waals surface area contributed by atoms with Crippen LogP contribution < -0.4 is 5.73 Å². The lowest BCUT2D eigenvalue weighted by molar-refractivity contribution is 0.0466. The maximum absolute atomic E-state index is 9.22. The van der Waals surface area contributed by atoms with Gasteiger partial charge in [0.15, 0.2) is 0 Å². The van der Waals surface area contributed by atoms with Crippen LogP contribution in [0.25, 0.3) is 0 Å². The van der Waals surface area contributed by atoms with Crippen LogP contribution in [-0.4, -0.2) is 41.8 Å². The fraction of sp³-hybridized carbons (Fsp3) is 1.00. The molecule has 3 N–H and O–H groups in total. The molecule has 1 aliphatic heterocycles. The standard InChI is InChI=1S/C9H20N2O/c1-3-8-9(10,7-12)5-4-6-11(8)2/h8,12H,3-7,10H2,1-2H3. The summed E-state index contributed by atoms with van der Waals surface area (Å²) in [5.74, 6) is 0. The maximum atomic E-state index is 9.22. The Balaban J connectivity index is 2.70. The number of rotatable bonds is 2. The van der Waals surface area contributed by atoms with E-state index in [-0.39, 0.29) is 12.1 Å². The summed E-state index contributed by atoms with van der Waals surface area (Å²) in [4.78, 5) is 2.26. The molecule has 0 aromatic carbocycles. The summed E-state index contributed by atoms with van der Waals surface area (Å²) in [5, 5.41) is 9.22. The molecule has 0 aliphatic carbocycles. The van der Waals surface area contributed by atoms with Gasteiger partial charge in [0.25, 0.3) is 0 Å². The second-order valence-electron chi connectivity index (χ2n) is 3.90. The van der Waals surface area contributed by atoms with Gasteiger partial charge in [-0.2, -0.15) is 0 Å². The lowest BCUT2D eigenvalue weighted by atomic mass is 9.81. The van der Waals surface area contributed by atoms with Crippen molar-refractivity contribution < 1.29 is 5.11 Å².